The van der Waals surface area contributed by atoms with E-state index in [1.165, 1.54) is 6.08 Å². The number of amides is 1. The van der Waals surface area contributed by atoms with Gasteiger partial charge in [0, 0.05) is 22.3 Å². The van der Waals surface area contributed by atoms with Crippen molar-refractivity contribution in [3.8, 4) is 17.4 Å². The van der Waals surface area contributed by atoms with Crippen LogP contribution in [0.5, 0.6) is 0 Å². The molecule has 0 unspecified atom stereocenters. The summed E-state index contributed by atoms with van der Waals surface area (Å²) in [5.74, 6) is 0.372. The Bertz CT molecular complexity index is 1080. The van der Waals surface area contributed by atoms with E-state index < -0.39 is 5.91 Å². The highest BCUT2D eigenvalue weighted by molar-refractivity contribution is 6.36. The van der Waals surface area contributed by atoms with Crippen LogP contribution in [0.15, 0.2) is 64.6 Å². The molecule has 134 valence electrons. The summed E-state index contributed by atoms with van der Waals surface area (Å²) in [6.07, 6.45) is 1.39. The first-order valence-electron chi connectivity index (χ1n) is 8.01. The van der Waals surface area contributed by atoms with Gasteiger partial charge in [-0.3, -0.25) is 4.79 Å². The van der Waals surface area contributed by atoms with E-state index in [0.29, 0.717) is 32.8 Å². The third-order valence-corrected chi connectivity index (χ3v) is 4.30. The molecule has 6 heteroatoms. The van der Waals surface area contributed by atoms with Crippen LogP contribution in [0.3, 0.4) is 0 Å². The first kappa shape index (κ1) is 18.8. The molecular formula is C21H14Cl2N2O2. The van der Waals surface area contributed by atoms with Gasteiger partial charge in [0.05, 0.1) is 5.02 Å². The lowest BCUT2D eigenvalue weighted by Crippen LogP contribution is -2.13. The summed E-state index contributed by atoms with van der Waals surface area (Å²) in [6.45, 7) is 1.92. The van der Waals surface area contributed by atoms with Crippen molar-refractivity contribution in [3.63, 3.8) is 0 Å². The molecule has 0 aliphatic carbocycles. The van der Waals surface area contributed by atoms with E-state index in [1.807, 2.05) is 31.2 Å². The number of carbonyl (C=O) groups excluding carboxylic acids is 1. The molecule has 0 saturated heterocycles. The second kappa shape index (κ2) is 8.13. The zero-order valence-electron chi connectivity index (χ0n) is 14.3. The van der Waals surface area contributed by atoms with Gasteiger partial charge >= 0.3 is 0 Å². The first-order valence-corrected chi connectivity index (χ1v) is 8.77. The summed E-state index contributed by atoms with van der Waals surface area (Å²) in [7, 11) is 0. The average Bonchev–Trinajstić information content (AvgIpc) is 3.08. The van der Waals surface area contributed by atoms with Crippen molar-refractivity contribution in [3.05, 3.63) is 81.5 Å². The maximum atomic E-state index is 12.3. The largest absolute Gasteiger partial charge is 0.457 e. The van der Waals surface area contributed by atoms with E-state index in [0.717, 1.165) is 5.56 Å². The second-order valence-electron chi connectivity index (χ2n) is 5.82. The number of halogens is 2. The van der Waals surface area contributed by atoms with Crippen LogP contribution in [0.25, 0.3) is 17.4 Å². The lowest BCUT2D eigenvalue weighted by Gasteiger charge is -2.04. The Morgan fingerprint density at radius 2 is 1.96 bits per heavy atom. The Balaban J connectivity index is 1.83. The molecule has 1 amide bonds. The third kappa shape index (κ3) is 4.59. The summed E-state index contributed by atoms with van der Waals surface area (Å²) in [6, 6.07) is 17.7. The van der Waals surface area contributed by atoms with Crippen molar-refractivity contribution in [2.75, 3.05) is 5.32 Å². The van der Waals surface area contributed by atoms with E-state index in [-0.39, 0.29) is 5.57 Å². The molecule has 1 aromatic heterocycles. The van der Waals surface area contributed by atoms with Crippen LogP contribution in [0.4, 0.5) is 5.69 Å². The van der Waals surface area contributed by atoms with Gasteiger partial charge in [0.25, 0.3) is 5.91 Å². The van der Waals surface area contributed by atoms with Gasteiger partial charge in [0.2, 0.25) is 0 Å². The van der Waals surface area contributed by atoms with Gasteiger partial charge in [-0.2, -0.15) is 5.26 Å². The molecule has 0 atom stereocenters. The van der Waals surface area contributed by atoms with Gasteiger partial charge in [-0.05, 0) is 55.0 Å². The number of nitrogens with zero attached hydrogens (tertiary/aromatic N) is 1. The van der Waals surface area contributed by atoms with Crippen molar-refractivity contribution < 1.29 is 9.21 Å². The number of hydrogen-bond donors (Lipinski definition) is 1. The molecule has 2 aromatic carbocycles. The van der Waals surface area contributed by atoms with Crippen LogP contribution in [0.1, 0.15) is 11.3 Å². The van der Waals surface area contributed by atoms with Gasteiger partial charge in [-0.25, -0.2) is 0 Å². The van der Waals surface area contributed by atoms with E-state index >= 15 is 0 Å². The highest BCUT2D eigenvalue weighted by Crippen LogP contribution is 2.32. The van der Waals surface area contributed by atoms with Gasteiger partial charge in [-0.1, -0.05) is 35.3 Å². The van der Waals surface area contributed by atoms with Crippen LogP contribution >= 0.6 is 23.2 Å². The number of carbonyl (C=O) groups is 1. The zero-order chi connectivity index (χ0) is 19.4. The van der Waals surface area contributed by atoms with E-state index in [1.54, 1.807) is 36.4 Å². The summed E-state index contributed by atoms with van der Waals surface area (Å²) < 4.78 is 5.71. The fourth-order valence-corrected chi connectivity index (χ4v) is 2.98. The van der Waals surface area contributed by atoms with E-state index in [9.17, 15) is 10.1 Å². The lowest BCUT2D eigenvalue weighted by molar-refractivity contribution is -0.112. The highest BCUT2D eigenvalue weighted by Gasteiger charge is 2.13. The molecule has 1 heterocycles. The minimum Gasteiger partial charge on any atom is -0.457 e. The normalized spacial score (nSPS) is 11.1. The SMILES string of the molecule is Cc1cccc(NC(=O)C(C#N)=Cc2ccc(-c3ccc(Cl)cc3Cl)o2)c1. The fourth-order valence-electron chi connectivity index (χ4n) is 2.48. The Hall–Kier alpha value is -3.00. The molecule has 0 bridgehead atoms. The molecule has 1 N–H and O–H groups in total. The maximum absolute atomic E-state index is 12.3. The highest BCUT2D eigenvalue weighted by atomic mass is 35.5. The smallest absolute Gasteiger partial charge is 0.266 e. The molecule has 3 rings (SSSR count). The number of aryl methyl sites for hydroxylation is 1. The number of nitriles is 1. The Morgan fingerprint density at radius 1 is 1.15 bits per heavy atom. The lowest BCUT2D eigenvalue weighted by atomic mass is 10.2. The second-order valence-corrected chi connectivity index (χ2v) is 6.66. The van der Waals surface area contributed by atoms with Crippen molar-refractivity contribution in [1.82, 2.24) is 0 Å². The van der Waals surface area contributed by atoms with E-state index in [4.69, 9.17) is 27.6 Å². The molecule has 0 radical (unpaired) electrons. The molecule has 0 fully saturated rings. The maximum Gasteiger partial charge on any atom is 0.266 e. The molecule has 0 saturated carbocycles. The molecular weight excluding hydrogens is 383 g/mol. The molecule has 27 heavy (non-hydrogen) atoms. The van der Waals surface area contributed by atoms with Crippen molar-refractivity contribution in [2.24, 2.45) is 0 Å². The summed E-state index contributed by atoms with van der Waals surface area (Å²) >= 11 is 12.1. The first-order chi connectivity index (χ1) is 13.0. The monoisotopic (exact) mass is 396 g/mol. The number of rotatable bonds is 4. The molecule has 0 aliphatic rings. The van der Waals surface area contributed by atoms with Crippen LogP contribution in [0, 0.1) is 18.3 Å². The van der Waals surface area contributed by atoms with Crippen LogP contribution in [-0.4, -0.2) is 5.91 Å². The molecule has 3 aromatic rings. The number of hydrogen-bond acceptors (Lipinski definition) is 3. The van der Waals surface area contributed by atoms with Crippen molar-refractivity contribution in [2.45, 2.75) is 6.92 Å². The number of benzene rings is 2. The van der Waals surface area contributed by atoms with Gasteiger partial charge in [0.15, 0.2) is 0 Å². The predicted molar refractivity (Wildman–Crippen MR) is 108 cm³/mol. The summed E-state index contributed by atoms with van der Waals surface area (Å²) in [5, 5.41) is 13.0. The summed E-state index contributed by atoms with van der Waals surface area (Å²) in [5.41, 5.74) is 2.23. The number of nitrogens with one attached hydrogen (secondary N) is 1. The minimum atomic E-state index is -0.509. The van der Waals surface area contributed by atoms with Gasteiger partial charge in [-0.15, -0.1) is 0 Å². The Kier molecular flexibility index (Phi) is 5.66. The molecule has 4 nitrogen and oxygen atoms in total. The van der Waals surface area contributed by atoms with E-state index in [2.05, 4.69) is 5.32 Å². The van der Waals surface area contributed by atoms with Crippen LogP contribution in [-0.2, 0) is 4.79 Å². The standard InChI is InChI=1S/C21H14Cl2N2O2/c1-13-3-2-4-16(9-13)25-21(26)14(12-24)10-17-6-8-20(27-17)18-7-5-15(22)11-19(18)23/h2-11H,1H3,(H,25,26). The fraction of sp³-hybridized carbons (Fsp3) is 0.0476. The van der Waals surface area contributed by atoms with Gasteiger partial charge in [0.1, 0.15) is 23.2 Å². The average molecular weight is 397 g/mol. The topological polar surface area (TPSA) is 66.0 Å². The van der Waals surface area contributed by atoms with Gasteiger partial charge < -0.3 is 9.73 Å². The molecule has 0 spiro atoms. The van der Waals surface area contributed by atoms with Crippen molar-refractivity contribution >= 4 is 40.9 Å². The zero-order valence-corrected chi connectivity index (χ0v) is 15.8. The quantitative estimate of drug-likeness (QED) is 0.427. The van der Waals surface area contributed by atoms with Crippen molar-refractivity contribution in [1.29, 1.82) is 5.26 Å². The third-order valence-electron chi connectivity index (χ3n) is 3.75. The predicted octanol–water partition coefficient (Wildman–Crippen LogP) is 6.11. The van der Waals surface area contributed by atoms with Crippen LogP contribution in [0.2, 0.25) is 10.0 Å². The molecule has 0 aliphatic heterocycles. The Labute approximate surface area is 166 Å². The summed E-state index contributed by atoms with van der Waals surface area (Å²) in [4.78, 5) is 12.3. The Morgan fingerprint density at radius 3 is 2.67 bits per heavy atom. The number of furan rings is 1. The number of anilines is 1. The van der Waals surface area contributed by atoms with Crippen LogP contribution < -0.4 is 5.32 Å². The minimum absolute atomic E-state index is 0.0698.